The molecule has 5 aromatic rings. The number of para-hydroxylation sites is 1. The molecule has 212 valence electrons. The lowest BCUT2D eigenvalue weighted by molar-refractivity contribution is 0.0828. The van der Waals surface area contributed by atoms with Gasteiger partial charge in [-0.15, -0.1) is 0 Å². The zero-order chi connectivity index (χ0) is 28.1. The molecule has 41 heavy (non-hydrogen) atoms. The van der Waals surface area contributed by atoms with Gasteiger partial charge in [-0.2, -0.15) is 0 Å². The van der Waals surface area contributed by atoms with E-state index in [4.69, 9.17) is 15.7 Å². The molecule has 4 heterocycles. The van der Waals surface area contributed by atoms with Gasteiger partial charge in [0.15, 0.2) is 0 Å². The largest absolute Gasteiger partial charge is 0.383 e. The van der Waals surface area contributed by atoms with Crippen molar-refractivity contribution in [1.82, 2.24) is 33.9 Å². The third-order valence-electron chi connectivity index (χ3n) is 9.30. The van der Waals surface area contributed by atoms with E-state index in [-0.39, 0.29) is 0 Å². The summed E-state index contributed by atoms with van der Waals surface area (Å²) in [6.45, 7) is 6.84. The Balaban J connectivity index is 1.13. The number of aromatic nitrogens is 5. The Morgan fingerprint density at radius 1 is 0.878 bits per heavy atom. The number of rotatable bonds is 5. The number of piperazine rings is 1. The van der Waals surface area contributed by atoms with Crippen LogP contribution >= 0.6 is 0 Å². The molecule has 0 amide bonds. The maximum Gasteiger partial charge on any atom is 0.208 e. The quantitative estimate of drug-likeness (QED) is 0.305. The van der Waals surface area contributed by atoms with Crippen LogP contribution < -0.4 is 11.1 Å². The summed E-state index contributed by atoms with van der Waals surface area (Å²) in [5, 5.41) is 4.44. The Morgan fingerprint density at radius 2 is 1.61 bits per heavy atom. The lowest BCUT2D eigenvalue weighted by Gasteiger charge is -2.41. The second-order valence-electron chi connectivity index (χ2n) is 11.8. The topological polar surface area (TPSA) is 93.1 Å². The molecule has 0 atom stereocenters. The highest BCUT2D eigenvalue weighted by Gasteiger charge is 2.30. The van der Waals surface area contributed by atoms with Gasteiger partial charge in [-0.05, 0) is 69.0 Å². The molecule has 1 saturated carbocycles. The predicted octanol–water partition coefficient (Wildman–Crippen LogP) is 5.35. The highest BCUT2D eigenvalue weighted by Crippen LogP contribution is 2.39. The minimum atomic E-state index is 0.422. The zero-order valence-corrected chi connectivity index (χ0v) is 24.2. The summed E-state index contributed by atoms with van der Waals surface area (Å²) in [6.07, 6.45) is 8.62. The van der Waals surface area contributed by atoms with Crippen LogP contribution in [0.5, 0.6) is 0 Å². The normalized spacial score (nSPS) is 20.7. The van der Waals surface area contributed by atoms with Crippen molar-refractivity contribution in [2.24, 2.45) is 7.05 Å². The first-order valence-electron chi connectivity index (χ1n) is 14.8. The predicted molar refractivity (Wildman–Crippen MR) is 166 cm³/mol. The van der Waals surface area contributed by atoms with Gasteiger partial charge < -0.3 is 25.1 Å². The van der Waals surface area contributed by atoms with Crippen molar-refractivity contribution in [3.05, 3.63) is 60.6 Å². The van der Waals surface area contributed by atoms with Gasteiger partial charge in [-0.1, -0.05) is 24.3 Å². The van der Waals surface area contributed by atoms with E-state index in [2.05, 4.69) is 92.8 Å². The molecule has 1 aliphatic carbocycles. The number of nitrogens with two attached hydrogens (primary N) is 1. The second-order valence-corrected chi connectivity index (χ2v) is 11.8. The summed E-state index contributed by atoms with van der Waals surface area (Å²) >= 11 is 0. The van der Waals surface area contributed by atoms with E-state index < -0.39 is 0 Å². The molecule has 2 fully saturated rings. The van der Waals surface area contributed by atoms with Crippen molar-refractivity contribution in [3.63, 3.8) is 0 Å². The SMILES string of the molecule is Cc1cccc2nc(Nc3ccc(-c4cn(C5CCC(N6CCN(C)CC6)CC5)c5ncnc(N)c45)cc3)n(C)c12. The summed E-state index contributed by atoms with van der Waals surface area (Å²) in [7, 11) is 4.28. The number of fused-ring (bicyclic) bond motifs is 2. The molecular formula is C32H39N9. The number of likely N-dealkylation sites (N-methyl/N-ethyl adjacent to an activating group) is 1. The third kappa shape index (κ3) is 4.73. The van der Waals surface area contributed by atoms with Crippen LogP contribution in [0.2, 0.25) is 0 Å². The van der Waals surface area contributed by atoms with Gasteiger partial charge in [0.1, 0.15) is 17.8 Å². The summed E-state index contributed by atoms with van der Waals surface area (Å²) in [5.74, 6) is 1.36. The van der Waals surface area contributed by atoms with Crippen LogP contribution in [0, 0.1) is 6.92 Å². The maximum absolute atomic E-state index is 6.47. The summed E-state index contributed by atoms with van der Waals surface area (Å²) in [4.78, 5) is 19.0. The molecule has 0 radical (unpaired) electrons. The Labute approximate surface area is 241 Å². The molecule has 1 saturated heterocycles. The van der Waals surface area contributed by atoms with Crippen LogP contribution in [0.1, 0.15) is 37.3 Å². The van der Waals surface area contributed by atoms with Crippen LogP contribution in [0.15, 0.2) is 55.0 Å². The van der Waals surface area contributed by atoms with E-state index in [1.165, 1.54) is 44.6 Å². The third-order valence-corrected chi connectivity index (χ3v) is 9.30. The van der Waals surface area contributed by atoms with E-state index in [1.807, 2.05) is 6.07 Å². The lowest BCUT2D eigenvalue weighted by Crippen LogP contribution is -2.49. The summed E-state index contributed by atoms with van der Waals surface area (Å²) in [6, 6.07) is 15.8. The fraction of sp³-hybridized carbons (Fsp3) is 0.406. The van der Waals surface area contributed by atoms with E-state index in [0.717, 1.165) is 57.7 Å². The van der Waals surface area contributed by atoms with E-state index in [9.17, 15) is 0 Å². The number of hydrogen-bond donors (Lipinski definition) is 2. The molecule has 0 unspecified atom stereocenters. The van der Waals surface area contributed by atoms with Crippen molar-refractivity contribution in [2.75, 3.05) is 44.3 Å². The van der Waals surface area contributed by atoms with E-state index in [0.29, 0.717) is 17.9 Å². The summed E-state index contributed by atoms with van der Waals surface area (Å²) in [5.41, 5.74) is 13.9. The Bertz CT molecular complexity index is 1680. The van der Waals surface area contributed by atoms with Crippen LogP contribution in [0.25, 0.3) is 33.2 Å². The Hall–Kier alpha value is -3.95. The standard InChI is InChI=1S/C32H39N9/c1-21-5-4-6-27-29(21)39(3)32(37-27)36-23-9-7-22(8-10-23)26-19-41(31-28(26)30(33)34-20-35-31)25-13-11-24(12-14-25)40-17-15-38(2)16-18-40/h4-10,19-20,24-25H,11-18H2,1-3H3,(H,36,37)(H2,33,34,35). The van der Waals surface area contributed by atoms with Crippen LogP contribution in [0.3, 0.4) is 0 Å². The molecule has 1 aliphatic heterocycles. The fourth-order valence-corrected chi connectivity index (χ4v) is 6.93. The zero-order valence-electron chi connectivity index (χ0n) is 24.2. The monoisotopic (exact) mass is 549 g/mol. The molecule has 9 heteroatoms. The van der Waals surface area contributed by atoms with Gasteiger partial charge >= 0.3 is 0 Å². The summed E-state index contributed by atoms with van der Waals surface area (Å²) < 4.78 is 4.49. The minimum absolute atomic E-state index is 0.422. The molecule has 2 aliphatic rings. The van der Waals surface area contributed by atoms with E-state index >= 15 is 0 Å². The smallest absolute Gasteiger partial charge is 0.208 e. The number of benzene rings is 2. The highest BCUT2D eigenvalue weighted by molar-refractivity contribution is 6.00. The van der Waals surface area contributed by atoms with E-state index in [1.54, 1.807) is 6.33 Å². The first-order valence-corrected chi connectivity index (χ1v) is 14.8. The second kappa shape index (κ2) is 10.5. The maximum atomic E-state index is 6.47. The van der Waals surface area contributed by atoms with Crippen molar-refractivity contribution >= 4 is 39.5 Å². The number of anilines is 3. The molecule has 9 nitrogen and oxygen atoms in total. The number of nitrogens with zero attached hydrogens (tertiary/aromatic N) is 7. The first kappa shape index (κ1) is 26.0. The number of nitrogens with one attached hydrogen (secondary N) is 1. The van der Waals surface area contributed by atoms with Crippen LogP contribution in [0.4, 0.5) is 17.5 Å². The average Bonchev–Trinajstić information content (AvgIpc) is 3.53. The van der Waals surface area contributed by atoms with Gasteiger partial charge in [-0.3, -0.25) is 4.90 Å². The van der Waals surface area contributed by atoms with Crippen molar-refractivity contribution in [1.29, 1.82) is 0 Å². The number of aryl methyl sites for hydroxylation is 2. The highest BCUT2D eigenvalue weighted by atomic mass is 15.3. The lowest BCUT2D eigenvalue weighted by atomic mass is 9.89. The molecule has 3 N–H and O–H groups in total. The number of nitrogen functional groups attached to an aromatic ring is 1. The Kier molecular flexibility index (Phi) is 6.63. The van der Waals surface area contributed by atoms with Crippen molar-refractivity contribution in [3.8, 4) is 11.1 Å². The molecule has 7 rings (SSSR count). The number of imidazole rings is 1. The molecule has 0 spiro atoms. The molecule has 2 aromatic carbocycles. The van der Waals surface area contributed by atoms with Gasteiger partial charge in [-0.25, -0.2) is 15.0 Å². The van der Waals surface area contributed by atoms with Gasteiger partial charge in [0, 0.05) is 62.8 Å². The molecule has 0 bridgehead atoms. The fourth-order valence-electron chi connectivity index (χ4n) is 6.93. The van der Waals surface area contributed by atoms with Gasteiger partial charge in [0.2, 0.25) is 5.95 Å². The minimum Gasteiger partial charge on any atom is -0.383 e. The number of hydrogen-bond acceptors (Lipinski definition) is 7. The Morgan fingerprint density at radius 3 is 2.34 bits per heavy atom. The van der Waals surface area contributed by atoms with Crippen LogP contribution in [-0.2, 0) is 7.05 Å². The van der Waals surface area contributed by atoms with Crippen molar-refractivity contribution in [2.45, 2.75) is 44.7 Å². The van der Waals surface area contributed by atoms with Crippen LogP contribution in [-0.4, -0.2) is 73.2 Å². The van der Waals surface area contributed by atoms with Crippen molar-refractivity contribution < 1.29 is 0 Å². The molecular weight excluding hydrogens is 510 g/mol. The average molecular weight is 550 g/mol. The first-order chi connectivity index (χ1) is 20.0. The molecule has 3 aromatic heterocycles. The van der Waals surface area contributed by atoms with Gasteiger partial charge in [0.25, 0.3) is 0 Å². The van der Waals surface area contributed by atoms with Gasteiger partial charge in [0.05, 0.1) is 16.4 Å².